The van der Waals surface area contributed by atoms with E-state index in [1.54, 1.807) is 24.3 Å². The van der Waals surface area contributed by atoms with Gasteiger partial charge in [0.1, 0.15) is 17.1 Å². The fourth-order valence-electron chi connectivity index (χ4n) is 1.62. The van der Waals surface area contributed by atoms with Crippen molar-refractivity contribution in [2.75, 3.05) is 5.32 Å². The van der Waals surface area contributed by atoms with Gasteiger partial charge in [0.25, 0.3) is 5.91 Å². The number of benzene rings is 2. The largest absolute Gasteiger partial charge is 0.507 e. The van der Waals surface area contributed by atoms with E-state index in [2.05, 4.69) is 5.32 Å². The van der Waals surface area contributed by atoms with Crippen LogP contribution in [0.3, 0.4) is 0 Å². The third-order valence-electron chi connectivity index (χ3n) is 2.61. The lowest BCUT2D eigenvalue weighted by molar-refractivity contribution is 0.102. The number of halogens is 1. The Morgan fingerprint density at radius 3 is 2.42 bits per heavy atom. The van der Waals surface area contributed by atoms with Crippen LogP contribution in [0.1, 0.15) is 15.9 Å². The number of hydrogen-bond donors (Lipinski definition) is 3. The summed E-state index contributed by atoms with van der Waals surface area (Å²) in [5, 5.41) is 20.8. The highest BCUT2D eigenvalue weighted by molar-refractivity contribution is 6.06. The lowest BCUT2D eigenvalue weighted by Gasteiger charge is -2.08. The number of hydrogen-bond acceptors (Lipinski definition) is 3. The van der Waals surface area contributed by atoms with Crippen molar-refractivity contribution in [3.63, 3.8) is 0 Å². The molecule has 98 valence electrons. The van der Waals surface area contributed by atoms with Crippen LogP contribution >= 0.6 is 0 Å². The van der Waals surface area contributed by atoms with Crippen LogP contribution in [0.4, 0.5) is 10.1 Å². The average molecular weight is 261 g/mol. The van der Waals surface area contributed by atoms with E-state index in [1.165, 1.54) is 12.1 Å². The summed E-state index contributed by atoms with van der Waals surface area (Å²) >= 11 is 0. The van der Waals surface area contributed by atoms with Crippen LogP contribution in [0.25, 0.3) is 0 Å². The van der Waals surface area contributed by atoms with Gasteiger partial charge < -0.3 is 15.5 Å². The summed E-state index contributed by atoms with van der Waals surface area (Å²) in [6.07, 6.45) is 0. The molecule has 19 heavy (non-hydrogen) atoms. The number of carbonyl (C=O) groups is 1. The van der Waals surface area contributed by atoms with E-state index in [0.29, 0.717) is 11.3 Å². The van der Waals surface area contributed by atoms with Crippen molar-refractivity contribution in [3.8, 4) is 5.75 Å². The quantitative estimate of drug-likeness (QED) is 0.793. The van der Waals surface area contributed by atoms with Gasteiger partial charge in [0.2, 0.25) is 0 Å². The van der Waals surface area contributed by atoms with Crippen LogP contribution in [0.5, 0.6) is 5.75 Å². The normalized spacial score (nSPS) is 10.2. The van der Waals surface area contributed by atoms with E-state index in [-0.39, 0.29) is 6.61 Å². The number of aromatic hydroxyl groups is 1. The molecule has 0 unspecified atom stereocenters. The maximum absolute atomic E-state index is 13.5. The maximum atomic E-state index is 13.5. The van der Waals surface area contributed by atoms with Crippen molar-refractivity contribution >= 4 is 11.6 Å². The number of aliphatic hydroxyl groups excluding tert-OH is 1. The molecular weight excluding hydrogens is 249 g/mol. The molecule has 2 aromatic carbocycles. The number of anilines is 1. The third-order valence-corrected chi connectivity index (χ3v) is 2.61. The topological polar surface area (TPSA) is 69.6 Å². The van der Waals surface area contributed by atoms with Gasteiger partial charge in [-0.1, -0.05) is 18.2 Å². The number of aliphatic hydroxyl groups is 1. The molecule has 0 aliphatic carbocycles. The lowest BCUT2D eigenvalue weighted by Crippen LogP contribution is -2.14. The molecule has 0 atom stereocenters. The summed E-state index contributed by atoms with van der Waals surface area (Å²) in [5.41, 5.74) is 0.755. The highest BCUT2D eigenvalue weighted by Gasteiger charge is 2.16. The minimum Gasteiger partial charge on any atom is -0.507 e. The Hall–Kier alpha value is -2.40. The smallest absolute Gasteiger partial charge is 0.262 e. The van der Waals surface area contributed by atoms with Crippen LogP contribution in [-0.4, -0.2) is 16.1 Å². The average Bonchev–Trinajstić information content (AvgIpc) is 2.39. The van der Waals surface area contributed by atoms with Gasteiger partial charge in [0.15, 0.2) is 0 Å². The van der Waals surface area contributed by atoms with E-state index < -0.39 is 23.0 Å². The van der Waals surface area contributed by atoms with Crippen molar-refractivity contribution in [2.45, 2.75) is 6.61 Å². The summed E-state index contributed by atoms with van der Waals surface area (Å²) in [6, 6.07) is 10.1. The highest BCUT2D eigenvalue weighted by atomic mass is 19.1. The highest BCUT2D eigenvalue weighted by Crippen LogP contribution is 2.21. The fraction of sp³-hybridized carbons (Fsp3) is 0.0714. The minimum absolute atomic E-state index is 0.0949. The molecule has 0 fully saturated rings. The Kier molecular flexibility index (Phi) is 3.77. The summed E-state index contributed by atoms with van der Waals surface area (Å²) in [5.74, 6) is -1.93. The number of nitrogens with one attached hydrogen (secondary N) is 1. The summed E-state index contributed by atoms with van der Waals surface area (Å²) in [6.45, 7) is -0.0949. The SMILES string of the molecule is O=C(Nc1ccc(CO)cc1)c1c(O)cccc1F. The molecule has 3 N–H and O–H groups in total. The summed E-state index contributed by atoms with van der Waals surface area (Å²) in [7, 11) is 0. The molecule has 0 aliphatic heterocycles. The second-order valence-electron chi connectivity index (χ2n) is 3.94. The predicted octanol–water partition coefficient (Wildman–Crippen LogP) is 2.28. The molecule has 0 aliphatic rings. The summed E-state index contributed by atoms with van der Waals surface area (Å²) < 4.78 is 13.5. The molecule has 0 heterocycles. The lowest BCUT2D eigenvalue weighted by atomic mass is 10.1. The second kappa shape index (κ2) is 5.49. The first-order valence-corrected chi connectivity index (χ1v) is 5.60. The number of phenols is 1. The number of carbonyl (C=O) groups excluding carboxylic acids is 1. The van der Waals surface area contributed by atoms with Crippen molar-refractivity contribution in [1.82, 2.24) is 0 Å². The Morgan fingerprint density at radius 1 is 1.16 bits per heavy atom. The van der Waals surface area contributed by atoms with Crippen LogP contribution in [0, 0.1) is 5.82 Å². The van der Waals surface area contributed by atoms with E-state index >= 15 is 0 Å². The van der Waals surface area contributed by atoms with Crippen molar-refractivity contribution in [2.24, 2.45) is 0 Å². The Balaban J connectivity index is 2.21. The Morgan fingerprint density at radius 2 is 1.84 bits per heavy atom. The standard InChI is InChI=1S/C14H12FNO3/c15-11-2-1-3-12(18)13(11)14(19)16-10-6-4-9(8-17)5-7-10/h1-7,17-18H,8H2,(H,16,19). The van der Waals surface area contributed by atoms with E-state index in [1.807, 2.05) is 0 Å². The number of amides is 1. The maximum Gasteiger partial charge on any atom is 0.262 e. The molecule has 2 aromatic rings. The molecular formula is C14H12FNO3. The zero-order chi connectivity index (χ0) is 13.8. The van der Waals surface area contributed by atoms with E-state index in [4.69, 9.17) is 5.11 Å². The van der Waals surface area contributed by atoms with E-state index in [0.717, 1.165) is 6.07 Å². The molecule has 0 spiro atoms. The van der Waals surface area contributed by atoms with Gasteiger partial charge >= 0.3 is 0 Å². The van der Waals surface area contributed by atoms with Crippen LogP contribution < -0.4 is 5.32 Å². The van der Waals surface area contributed by atoms with Gasteiger partial charge in [-0.15, -0.1) is 0 Å². The van der Waals surface area contributed by atoms with Crippen LogP contribution in [-0.2, 0) is 6.61 Å². The summed E-state index contributed by atoms with van der Waals surface area (Å²) in [4.78, 5) is 11.8. The Labute approximate surface area is 109 Å². The molecule has 0 bridgehead atoms. The number of rotatable bonds is 3. The molecule has 0 aromatic heterocycles. The second-order valence-corrected chi connectivity index (χ2v) is 3.94. The molecule has 0 radical (unpaired) electrons. The van der Waals surface area contributed by atoms with Gasteiger partial charge in [-0.05, 0) is 29.8 Å². The van der Waals surface area contributed by atoms with Gasteiger partial charge in [-0.25, -0.2) is 4.39 Å². The zero-order valence-corrected chi connectivity index (χ0v) is 9.93. The molecule has 1 amide bonds. The Bertz CT molecular complexity index is 576. The predicted molar refractivity (Wildman–Crippen MR) is 68.4 cm³/mol. The first-order chi connectivity index (χ1) is 9.11. The fourth-order valence-corrected chi connectivity index (χ4v) is 1.62. The van der Waals surface area contributed by atoms with Crippen molar-refractivity contribution in [1.29, 1.82) is 0 Å². The molecule has 0 saturated carbocycles. The van der Waals surface area contributed by atoms with Gasteiger partial charge in [0.05, 0.1) is 6.61 Å². The van der Waals surface area contributed by atoms with Crippen molar-refractivity contribution in [3.05, 3.63) is 59.4 Å². The number of phenolic OH excluding ortho intramolecular Hbond substituents is 1. The monoisotopic (exact) mass is 261 g/mol. The third kappa shape index (κ3) is 2.89. The molecule has 2 rings (SSSR count). The minimum atomic E-state index is -0.788. The molecule has 0 saturated heterocycles. The first-order valence-electron chi connectivity index (χ1n) is 5.60. The first kappa shape index (κ1) is 13.0. The van der Waals surface area contributed by atoms with E-state index in [9.17, 15) is 14.3 Å². The van der Waals surface area contributed by atoms with Crippen molar-refractivity contribution < 1.29 is 19.4 Å². The van der Waals surface area contributed by atoms with Gasteiger partial charge in [-0.3, -0.25) is 4.79 Å². The molecule has 5 heteroatoms. The van der Waals surface area contributed by atoms with Crippen LogP contribution in [0.15, 0.2) is 42.5 Å². The van der Waals surface area contributed by atoms with Gasteiger partial charge in [-0.2, -0.15) is 0 Å². The zero-order valence-electron chi connectivity index (χ0n) is 9.93. The molecule has 4 nitrogen and oxygen atoms in total. The van der Waals surface area contributed by atoms with Gasteiger partial charge in [0, 0.05) is 5.69 Å². The van der Waals surface area contributed by atoms with Crippen LogP contribution in [0.2, 0.25) is 0 Å².